The van der Waals surface area contributed by atoms with Crippen molar-refractivity contribution >= 4 is 10.9 Å². The van der Waals surface area contributed by atoms with Crippen molar-refractivity contribution in [2.75, 3.05) is 0 Å². The van der Waals surface area contributed by atoms with E-state index in [1.807, 2.05) is 0 Å². The molecule has 0 saturated heterocycles. The van der Waals surface area contributed by atoms with Crippen LogP contribution in [0.25, 0.3) is 22.2 Å². The van der Waals surface area contributed by atoms with E-state index in [4.69, 9.17) is 0 Å². The summed E-state index contributed by atoms with van der Waals surface area (Å²) in [5.41, 5.74) is 9.41. The van der Waals surface area contributed by atoms with Gasteiger partial charge in [0.15, 0.2) is 0 Å². The molecule has 23 heavy (non-hydrogen) atoms. The van der Waals surface area contributed by atoms with Gasteiger partial charge < -0.3 is 0 Å². The zero-order chi connectivity index (χ0) is 16.6. The van der Waals surface area contributed by atoms with Gasteiger partial charge >= 0.3 is 0 Å². The average molecular weight is 304 g/mol. The summed E-state index contributed by atoms with van der Waals surface area (Å²) in [5, 5.41) is 1.30. The third-order valence-electron chi connectivity index (χ3n) is 4.86. The normalized spacial score (nSPS) is 11.2. The van der Waals surface area contributed by atoms with Crippen LogP contribution < -0.4 is 4.57 Å². The fraction of sp³-hybridized carbons (Fsp3) is 0.318. The van der Waals surface area contributed by atoms with Gasteiger partial charge in [-0.1, -0.05) is 31.0 Å². The molecule has 1 nitrogen and oxygen atoms in total. The van der Waals surface area contributed by atoms with E-state index in [1.54, 1.807) is 0 Å². The van der Waals surface area contributed by atoms with E-state index in [-0.39, 0.29) is 0 Å². The van der Waals surface area contributed by atoms with Gasteiger partial charge in [0.05, 0.1) is 0 Å². The molecule has 0 amide bonds. The number of hydrogen-bond acceptors (Lipinski definition) is 0. The van der Waals surface area contributed by atoms with Crippen LogP contribution in [-0.4, -0.2) is 0 Å². The summed E-state index contributed by atoms with van der Waals surface area (Å²) >= 11 is 0. The summed E-state index contributed by atoms with van der Waals surface area (Å²) in [4.78, 5) is 0. The molecule has 1 heteroatoms. The number of nitrogens with zero attached hydrogens (tertiary/aromatic N) is 1. The maximum atomic E-state index is 2.35. The fourth-order valence-electron chi connectivity index (χ4n) is 3.45. The Labute approximate surface area is 139 Å². The minimum atomic E-state index is 1.14. The largest absolute Gasteiger partial charge is 0.213 e. The highest BCUT2D eigenvalue weighted by Gasteiger charge is 2.17. The molecular weight excluding hydrogens is 278 g/mol. The Kier molecular flexibility index (Phi) is 4.21. The van der Waals surface area contributed by atoms with E-state index in [1.165, 1.54) is 50.8 Å². The van der Waals surface area contributed by atoms with Crippen LogP contribution in [0.1, 0.15) is 35.6 Å². The van der Waals surface area contributed by atoms with Crippen LogP contribution in [0.4, 0.5) is 0 Å². The van der Waals surface area contributed by atoms with Crippen LogP contribution in [0.3, 0.4) is 0 Å². The van der Waals surface area contributed by atoms with E-state index >= 15 is 0 Å². The summed E-state index contributed by atoms with van der Waals surface area (Å²) in [7, 11) is 2.19. The van der Waals surface area contributed by atoms with Gasteiger partial charge in [0.2, 0.25) is 11.2 Å². The highest BCUT2D eigenvalue weighted by Crippen LogP contribution is 2.26. The molecule has 0 aliphatic rings. The molecule has 0 radical (unpaired) electrons. The van der Waals surface area contributed by atoms with Crippen molar-refractivity contribution in [3.63, 3.8) is 0 Å². The van der Waals surface area contributed by atoms with Gasteiger partial charge in [-0.25, -0.2) is 0 Å². The number of aryl methyl sites for hydroxylation is 4. The van der Waals surface area contributed by atoms with Crippen LogP contribution in [-0.2, 0) is 13.5 Å². The second-order valence-corrected chi connectivity index (χ2v) is 6.68. The SMILES string of the molecule is CCCc1ccc2ccc(-c3cc(C)cc(C)c3C)[n+](C)c2c1. The first-order valence-electron chi connectivity index (χ1n) is 8.51. The van der Waals surface area contributed by atoms with E-state index in [2.05, 4.69) is 81.8 Å². The summed E-state index contributed by atoms with van der Waals surface area (Å²) in [6, 6.07) is 15.9. The van der Waals surface area contributed by atoms with Gasteiger partial charge in [0.1, 0.15) is 7.05 Å². The average Bonchev–Trinajstić information content (AvgIpc) is 2.52. The fourth-order valence-corrected chi connectivity index (χ4v) is 3.45. The second kappa shape index (κ2) is 6.16. The van der Waals surface area contributed by atoms with Crippen molar-refractivity contribution < 1.29 is 4.57 Å². The Morgan fingerprint density at radius 1 is 0.913 bits per heavy atom. The first-order chi connectivity index (χ1) is 11.0. The Morgan fingerprint density at radius 3 is 2.39 bits per heavy atom. The molecule has 0 atom stereocenters. The van der Waals surface area contributed by atoms with Gasteiger partial charge in [-0.2, -0.15) is 4.57 Å². The maximum absolute atomic E-state index is 2.35. The number of aromatic nitrogens is 1. The lowest BCUT2D eigenvalue weighted by atomic mass is 9.96. The summed E-state index contributed by atoms with van der Waals surface area (Å²) in [6.45, 7) is 8.84. The van der Waals surface area contributed by atoms with Crippen LogP contribution in [0.2, 0.25) is 0 Å². The van der Waals surface area contributed by atoms with Crippen molar-refractivity contribution in [2.24, 2.45) is 7.05 Å². The van der Waals surface area contributed by atoms with E-state index in [9.17, 15) is 0 Å². The van der Waals surface area contributed by atoms with Crippen LogP contribution >= 0.6 is 0 Å². The molecular formula is C22H26N+. The monoisotopic (exact) mass is 304 g/mol. The molecule has 0 saturated carbocycles. The van der Waals surface area contributed by atoms with Gasteiger partial charge in [0.25, 0.3) is 0 Å². The summed E-state index contributed by atoms with van der Waals surface area (Å²) in [5.74, 6) is 0. The topological polar surface area (TPSA) is 3.88 Å². The molecule has 3 rings (SSSR count). The van der Waals surface area contributed by atoms with Gasteiger partial charge in [-0.15, -0.1) is 0 Å². The Bertz CT molecular complexity index is 875. The first kappa shape index (κ1) is 15.7. The number of benzene rings is 2. The van der Waals surface area contributed by atoms with Crippen molar-refractivity contribution in [2.45, 2.75) is 40.5 Å². The van der Waals surface area contributed by atoms with Crippen molar-refractivity contribution in [3.8, 4) is 11.3 Å². The van der Waals surface area contributed by atoms with Gasteiger partial charge in [0, 0.05) is 23.1 Å². The predicted octanol–water partition coefficient (Wildman–Crippen LogP) is 5.21. The zero-order valence-electron chi connectivity index (χ0n) is 14.9. The van der Waals surface area contributed by atoms with Crippen molar-refractivity contribution in [1.82, 2.24) is 0 Å². The molecule has 2 aromatic carbocycles. The number of pyridine rings is 1. The van der Waals surface area contributed by atoms with E-state index < -0.39 is 0 Å². The van der Waals surface area contributed by atoms with E-state index in [0.717, 1.165) is 6.42 Å². The molecule has 0 aliphatic carbocycles. The Morgan fingerprint density at radius 2 is 1.65 bits per heavy atom. The zero-order valence-corrected chi connectivity index (χ0v) is 14.9. The molecule has 0 unspecified atom stereocenters. The van der Waals surface area contributed by atoms with Gasteiger partial charge in [-0.05, 0) is 62.1 Å². The first-order valence-corrected chi connectivity index (χ1v) is 8.51. The molecule has 0 spiro atoms. The lowest BCUT2D eigenvalue weighted by Gasteiger charge is -2.11. The van der Waals surface area contributed by atoms with Gasteiger partial charge in [-0.3, -0.25) is 0 Å². The molecule has 0 fully saturated rings. The number of rotatable bonds is 3. The molecule has 0 bridgehead atoms. The number of hydrogen-bond donors (Lipinski definition) is 0. The quantitative estimate of drug-likeness (QED) is 0.585. The highest BCUT2D eigenvalue weighted by molar-refractivity contribution is 5.79. The van der Waals surface area contributed by atoms with Crippen molar-refractivity contribution in [3.05, 3.63) is 64.7 Å². The summed E-state index contributed by atoms with van der Waals surface area (Å²) < 4.78 is 2.34. The van der Waals surface area contributed by atoms with Crippen molar-refractivity contribution in [1.29, 1.82) is 0 Å². The van der Waals surface area contributed by atoms with Crippen LogP contribution in [0.15, 0.2) is 42.5 Å². The summed E-state index contributed by atoms with van der Waals surface area (Å²) in [6.07, 6.45) is 2.33. The third-order valence-corrected chi connectivity index (χ3v) is 4.86. The standard InChI is InChI=1S/C22H26N/c1-6-7-18-8-9-19-10-11-21(23(5)22(19)14-18)20-13-15(2)12-16(3)17(20)4/h8-14H,6-7H2,1-5H3/q+1. The van der Waals surface area contributed by atoms with Crippen LogP contribution in [0.5, 0.6) is 0 Å². The highest BCUT2D eigenvalue weighted by atomic mass is 14.9. The van der Waals surface area contributed by atoms with Crippen LogP contribution in [0, 0.1) is 20.8 Å². The molecule has 1 aromatic heterocycles. The lowest BCUT2D eigenvalue weighted by molar-refractivity contribution is -0.633. The minimum absolute atomic E-state index is 1.14. The third kappa shape index (κ3) is 2.88. The molecule has 3 aromatic rings. The molecule has 118 valence electrons. The lowest BCUT2D eigenvalue weighted by Crippen LogP contribution is -2.32. The Balaban J connectivity index is 2.25. The molecule has 0 N–H and O–H groups in total. The number of fused-ring (bicyclic) bond motifs is 1. The maximum Gasteiger partial charge on any atom is 0.213 e. The Hall–Kier alpha value is -2.15. The molecule has 0 aliphatic heterocycles. The van der Waals surface area contributed by atoms with E-state index in [0.29, 0.717) is 0 Å². The second-order valence-electron chi connectivity index (χ2n) is 6.68. The molecule has 1 heterocycles. The smallest absolute Gasteiger partial charge is 0.194 e. The minimum Gasteiger partial charge on any atom is -0.194 e. The predicted molar refractivity (Wildman–Crippen MR) is 98.8 cm³/mol.